The molecule has 13 nitrogen and oxygen atoms in total. The highest BCUT2D eigenvalue weighted by Gasteiger charge is 2.24. The van der Waals surface area contributed by atoms with Gasteiger partial charge in [-0.05, 0) is 0 Å². The molecule has 3 aromatic heterocycles. The Hall–Kier alpha value is -3.90. The molecule has 31 heavy (non-hydrogen) atoms. The topological polar surface area (TPSA) is 151 Å². The third-order valence-electron chi connectivity index (χ3n) is 5.14. The predicted molar refractivity (Wildman–Crippen MR) is 109 cm³/mol. The number of anilines is 1. The number of carbonyl (C=O) groups excluding carboxylic acids is 2. The molecule has 0 saturated carbocycles. The molecule has 0 unspecified atom stereocenters. The molecule has 1 saturated heterocycles. The molecule has 3 aromatic rings. The zero-order chi connectivity index (χ0) is 22.1. The lowest BCUT2D eigenvalue weighted by molar-refractivity contribution is -0.121. The van der Waals surface area contributed by atoms with Gasteiger partial charge in [-0.1, -0.05) is 0 Å². The summed E-state index contributed by atoms with van der Waals surface area (Å²) >= 11 is 0. The Morgan fingerprint density at radius 1 is 1.13 bits per heavy atom. The summed E-state index contributed by atoms with van der Waals surface area (Å²) < 4.78 is 7.66. The van der Waals surface area contributed by atoms with Gasteiger partial charge in [0.15, 0.2) is 5.65 Å². The van der Waals surface area contributed by atoms with Crippen molar-refractivity contribution in [2.75, 3.05) is 37.6 Å². The summed E-state index contributed by atoms with van der Waals surface area (Å²) in [6, 6.07) is 1.12. The van der Waals surface area contributed by atoms with Crippen molar-refractivity contribution in [3.8, 4) is 0 Å². The first kappa shape index (κ1) is 20.4. The Morgan fingerprint density at radius 2 is 1.94 bits per heavy atom. The number of aromatic amines is 1. The lowest BCUT2D eigenvalue weighted by Gasteiger charge is -2.29. The summed E-state index contributed by atoms with van der Waals surface area (Å²) in [4.78, 5) is 59.5. The maximum atomic E-state index is 12.9. The van der Waals surface area contributed by atoms with Gasteiger partial charge in [0.05, 0.1) is 12.3 Å². The number of nitrogens with zero attached hydrogens (tertiary/aromatic N) is 6. The average Bonchev–Trinajstić information content (AvgIpc) is 3.28. The monoisotopic (exact) mass is 430 g/mol. The van der Waals surface area contributed by atoms with E-state index < -0.39 is 11.5 Å². The van der Waals surface area contributed by atoms with Crippen molar-refractivity contribution in [1.29, 1.82) is 0 Å². The number of carbonyl (C=O) groups is 2. The molecule has 2 amide bonds. The van der Waals surface area contributed by atoms with Gasteiger partial charge >= 0.3 is 0 Å². The zero-order valence-electron chi connectivity index (χ0n) is 17.1. The van der Waals surface area contributed by atoms with Crippen LogP contribution in [0.4, 0.5) is 5.95 Å². The summed E-state index contributed by atoms with van der Waals surface area (Å²) in [5, 5.41) is 7.22. The van der Waals surface area contributed by atoms with Gasteiger partial charge in [0.2, 0.25) is 17.6 Å². The van der Waals surface area contributed by atoms with Crippen LogP contribution >= 0.6 is 0 Å². The summed E-state index contributed by atoms with van der Waals surface area (Å²) in [6.45, 7) is 1.46. The maximum Gasteiger partial charge on any atom is 0.292 e. The lowest BCUT2D eigenvalue weighted by atomic mass is 10.3. The third kappa shape index (κ3) is 4.06. The van der Waals surface area contributed by atoms with Crippen LogP contribution in [0.3, 0.4) is 0 Å². The van der Waals surface area contributed by atoms with Crippen molar-refractivity contribution in [2.45, 2.75) is 6.42 Å². The van der Waals surface area contributed by atoms with E-state index in [4.69, 9.17) is 4.52 Å². The molecule has 1 aliphatic rings. The second-order valence-corrected chi connectivity index (χ2v) is 7.21. The number of rotatable bonds is 2. The minimum Gasteiger partial charge on any atom is -0.371 e. The Bertz CT molecular complexity index is 1250. The van der Waals surface area contributed by atoms with E-state index in [0.717, 1.165) is 10.8 Å². The fourth-order valence-electron chi connectivity index (χ4n) is 3.38. The first-order valence-corrected chi connectivity index (χ1v) is 9.74. The highest BCUT2D eigenvalue weighted by molar-refractivity contribution is 5.91. The Labute approximate surface area is 175 Å². The Balaban J connectivity index is 1.62. The average molecular weight is 430 g/mol. The van der Waals surface area contributed by atoms with Crippen LogP contribution in [0.15, 0.2) is 26.4 Å². The van der Waals surface area contributed by atoms with Gasteiger partial charge in [-0.3, -0.25) is 28.8 Å². The van der Waals surface area contributed by atoms with Crippen LogP contribution in [-0.2, 0) is 18.9 Å². The SMILES string of the molecule is Cn1oc(C(=O)N2CCC(=O)NCCN(c3nc4c(cnn4C)c(=O)[nH]3)CC2)cc1=O. The van der Waals surface area contributed by atoms with E-state index in [1.165, 1.54) is 22.8 Å². The standard InChI is InChI=1S/C18H22N8O5/c1-23-15-11(10-20-23)16(29)22-18(21-15)26-6-4-19-13(27)3-5-25(7-8-26)17(30)12-9-14(28)24(2)31-12/h9-10H,3-8H2,1-2H3,(H,19,27)(H,21,22,29). The van der Waals surface area contributed by atoms with Crippen LogP contribution in [0, 0.1) is 0 Å². The number of fused-ring (bicyclic) bond motifs is 1. The number of nitrogens with one attached hydrogen (secondary N) is 2. The molecule has 13 heteroatoms. The molecule has 1 aliphatic heterocycles. The second kappa shape index (κ2) is 8.08. The van der Waals surface area contributed by atoms with Crippen molar-refractivity contribution in [2.24, 2.45) is 14.1 Å². The molecular formula is C18H22N8O5. The van der Waals surface area contributed by atoms with E-state index in [-0.39, 0.29) is 36.7 Å². The van der Waals surface area contributed by atoms with Gasteiger partial charge in [0.1, 0.15) is 5.39 Å². The minimum atomic E-state index is -0.491. The molecule has 164 valence electrons. The van der Waals surface area contributed by atoms with E-state index in [1.807, 2.05) is 0 Å². The van der Waals surface area contributed by atoms with Crippen molar-refractivity contribution in [3.63, 3.8) is 0 Å². The number of H-pyrrole nitrogens is 1. The first-order valence-electron chi connectivity index (χ1n) is 9.74. The highest BCUT2D eigenvalue weighted by atomic mass is 16.5. The summed E-state index contributed by atoms with van der Waals surface area (Å²) in [7, 11) is 3.10. The smallest absolute Gasteiger partial charge is 0.292 e. The van der Waals surface area contributed by atoms with Crippen LogP contribution in [-0.4, -0.2) is 73.9 Å². The maximum absolute atomic E-state index is 12.9. The number of aryl methyl sites for hydroxylation is 2. The van der Waals surface area contributed by atoms with Gasteiger partial charge in [0, 0.05) is 53.2 Å². The van der Waals surface area contributed by atoms with Gasteiger partial charge in [-0.15, -0.1) is 0 Å². The summed E-state index contributed by atoms with van der Waals surface area (Å²) in [5.74, 6) is -0.485. The zero-order valence-corrected chi connectivity index (χ0v) is 17.1. The molecule has 0 bridgehead atoms. The first-order chi connectivity index (χ1) is 14.8. The van der Waals surface area contributed by atoms with E-state index in [1.54, 1.807) is 11.9 Å². The minimum absolute atomic E-state index is 0.0978. The van der Waals surface area contributed by atoms with Crippen molar-refractivity contribution in [1.82, 2.24) is 34.7 Å². The molecule has 1 fully saturated rings. The Morgan fingerprint density at radius 3 is 2.68 bits per heavy atom. The summed E-state index contributed by atoms with van der Waals surface area (Å²) in [6.07, 6.45) is 1.57. The van der Waals surface area contributed by atoms with E-state index in [9.17, 15) is 19.2 Å². The fourth-order valence-corrected chi connectivity index (χ4v) is 3.38. The number of hydrogen-bond donors (Lipinski definition) is 2. The molecular weight excluding hydrogens is 408 g/mol. The number of amides is 2. The van der Waals surface area contributed by atoms with Crippen LogP contribution in [0.1, 0.15) is 17.0 Å². The second-order valence-electron chi connectivity index (χ2n) is 7.21. The predicted octanol–water partition coefficient (Wildman–Crippen LogP) is -1.58. The molecule has 0 aromatic carbocycles. The highest BCUT2D eigenvalue weighted by Crippen LogP contribution is 2.12. The van der Waals surface area contributed by atoms with Gasteiger partial charge < -0.3 is 19.6 Å². The van der Waals surface area contributed by atoms with Crippen molar-refractivity contribution < 1.29 is 14.1 Å². The van der Waals surface area contributed by atoms with Crippen molar-refractivity contribution in [3.05, 3.63) is 38.7 Å². The third-order valence-corrected chi connectivity index (χ3v) is 5.14. The van der Waals surface area contributed by atoms with E-state index >= 15 is 0 Å². The molecule has 4 heterocycles. The van der Waals surface area contributed by atoms with E-state index in [2.05, 4.69) is 20.4 Å². The summed E-state index contributed by atoms with van der Waals surface area (Å²) in [5.41, 5.74) is -0.331. The van der Waals surface area contributed by atoms with Gasteiger partial charge in [0.25, 0.3) is 17.0 Å². The largest absolute Gasteiger partial charge is 0.371 e. The van der Waals surface area contributed by atoms with Crippen molar-refractivity contribution >= 4 is 28.8 Å². The van der Waals surface area contributed by atoms with Crippen LogP contribution < -0.4 is 21.3 Å². The number of aromatic nitrogens is 5. The molecule has 0 aliphatic carbocycles. The van der Waals surface area contributed by atoms with Crippen LogP contribution in [0.25, 0.3) is 11.0 Å². The fraction of sp³-hybridized carbons (Fsp3) is 0.444. The van der Waals surface area contributed by atoms with Gasteiger partial charge in [-0.2, -0.15) is 14.8 Å². The molecule has 2 N–H and O–H groups in total. The molecule has 0 radical (unpaired) electrons. The molecule has 0 spiro atoms. The van der Waals surface area contributed by atoms with E-state index in [0.29, 0.717) is 36.6 Å². The lowest BCUT2D eigenvalue weighted by Crippen LogP contribution is -2.45. The molecule has 4 rings (SSSR count). The van der Waals surface area contributed by atoms with Gasteiger partial charge in [-0.25, -0.2) is 0 Å². The number of hydrogen-bond acceptors (Lipinski definition) is 8. The Kier molecular flexibility index (Phi) is 5.31. The van der Waals surface area contributed by atoms with Crippen LogP contribution in [0.2, 0.25) is 0 Å². The normalized spacial score (nSPS) is 15.9. The van der Waals surface area contributed by atoms with Crippen LogP contribution in [0.5, 0.6) is 0 Å². The quantitative estimate of drug-likeness (QED) is 0.494. The molecule has 0 atom stereocenters.